The number of nitrogens with one attached hydrogen (secondary N) is 2. The monoisotopic (exact) mass is 506 g/mol. The lowest BCUT2D eigenvalue weighted by molar-refractivity contribution is 0.0642. The molecular weight excluding hydrogens is 476 g/mol. The van der Waals surface area contributed by atoms with Crippen molar-refractivity contribution >= 4 is 40.0 Å². The van der Waals surface area contributed by atoms with Crippen LogP contribution in [0.5, 0.6) is 0 Å². The van der Waals surface area contributed by atoms with Crippen LogP contribution in [0.2, 0.25) is 0 Å². The van der Waals surface area contributed by atoms with Gasteiger partial charge in [-0.2, -0.15) is 0 Å². The summed E-state index contributed by atoms with van der Waals surface area (Å²) in [5.41, 5.74) is 1.28. The molecule has 194 valence electrons. The molecule has 3 aromatic rings. The second kappa shape index (κ2) is 11.3. The summed E-state index contributed by atoms with van der Waals surface area (Å²) >= 11 is 0. The van der Waals surface area contributed by atoms with E-state index in [0.29, 0.717) is 35.5 Å². The van der Waals surface area contributed by atoms with Crippen molar-refractivity contribution in [2.75, 3.05) is 57.6 Å². The molecule has 2 N–H and O–H groups in total. The number of carbonyl (C=O) groups excluding carboxylic acids is 3. The van der Waals surface area contributed by atoms with Crippen molar-refractivity contribution in [2.45, 2.75) is 13.5 Å². The summed E-state index contributed by atoms with van der Waals surface area (Å²) in [7, 11) is 3.52. The number of rotatable bonds is 7. The van der Waals surface area contributed by atoms with Crippen molar-refractivity contribution in [1.82, 2.24) is 19.4 Å². The van der Waals surface area contributed by atoms with Gasteiger partial charge in [-0.3, -0.25) is 19.0 Å². The van der Waals surface area contributed by atoms with E-state index in [1.54, 1.807) is 41.3 Å². The molecule has 2 heterocycles. The molecule has 0 aliphatic carbocycles. The summed E-state index contributed by atoms with van der Waals surface area (Å²) < 4.78 is 6.49. The van der Waals surface area contributed by atoms with Gasteiger partial charge in [-0.15, -0.1) is 0 Å². The zero-order valence-corrected chi connectivity index (χ0v) is 21.1. The summed E-state index contributed by atoms with van der Waals surface area (Å²) in [6.45, 7) is 4.45. The predicted octanol–water partition coefficient (Wildman–Crippen LogP) is 2.28. The number of benzene rings is 2. The minimum absolute atomic E-state index is 0.0721. The number of urea groups is 1. The van der Waals surface area contributed by atoms with Crippen LogP contribution < -0.4 is 16.2 Å². The number of hydrogen-bond acceptors (Lipinski definition) is 7. The van der Waals surface area contributed by atoms with Gasteiger partial charge in [0, 0.05) is 50.2 Å². The van der Waals surface area contributed by atoms with E-state index in [4.69, 9.17) is 4.74 Å². The lowest BCUT2D eigenvalue weighted by Crippen LogP contribution is -2.48. The molecule has 4 rings (SSSR count). The van der Waals surface area contributed by atoms with Crippen LogP contribution in [0.4, 0.5) is 16.2 Å². The topological polar surface area (TPSA) is 126 Å². The largest absolute Gasteiger partial charge is 0.383 e. The Morgan fingerprint density at radius 1 is 1.00 bits per heavy atom. The quantitative estimate of drug-likeness (QED) is 0.471. The molecule has 1 aliphatic rings. The maximum absolute atomic E-state index is 13.5. The number of anilines is 2. The van der Waals surface area contributed by atoms with Gasteiger partial charge in [-0.1, -0.05) is 12.1 Å². The number of aromatic nitrogens is 2. The van der Waals surface area contributed by atoms with Crippen molar-refractivity contribution in [3.63, 3.8) is 0 Å². The smallest absolute Gasteiger partial charge is 0.323 e. The van der Waals surface area contributed by atoms with Crippen LogP contribution in [0.25, 0.3) is 10.9 Å². The normalized spacial score (nSPS) is 14.0. The van der Waals surface area contributed by atoms with Gasteiger partial charge in [0.05, 0.1) is 24.1 Å². The van der Waals surface area contributed by atoms with Gasteiger partial charge in [-0.25, -0.2) is 9.78 Å². The first-order chi connectivity index (χ1) is 17.8. The number of likely N-dealkylation sites (N-methyl/N-ethyl adjacent to an activating group) is 1. The first-order valence-electron chi connectivity index (χ1n) is 12.0. The van der Waals surface area contributed by atoms with Gasteiger partial charge in [0.1, 0.15) is 0 Å². The van der Waals surface area contributed by atoms with E-state index in [1.165, 1.54) is 24.7 Å². The molecule has 0 saturated carbocycles. The molecule has 3 amide bonds. The fourth-order valence-electron chi connectivity index (χ4n) is 4.11. The molecule has 0 atom stereocenters. The fraction of sp³-hybridized carbons (Fsp3) is 0.346. The number of amides is 3. The third-order valence-corrected chi connectivity index (χ3v) is 6.24. The maximum atomic E-state index is 13.5. The van der Waals surface area contributed by atoms with Crippen molar-refractivity contribution in [2.24, 2.45) is 0 Å². The Morgan fingerprint density at radius 2 is 1.70 bits per heavy atom. The molecule has 0 radical (unpaired) electrons. The van der Waals surface area contributed by atoms with Crippen LogP contribution in [0.15, 0.2) is 47.3 Å². The molecule has 0 unspecified atom stereocenters. The molecule has 37 heavy (non-hydrogen) atoms. The van der Waals surface area contributed by atoms with Gasteiger partial charge in [0.25, 0.3) is 11.5 Å². The number of fused-ring (bicyclic) bond motifs is 1. The standard InChI is InChI=1S/C26H30N6O5/c1-17(33)18-5-4-6-19(15-18)27-26(36)28-20-7-8-22-21(16-20)24(34)32(13-14-37-3)23(29-22)25(35)31-11-9-30(2)10-12-31/h4-8,15-16H,9-14H2,1-3H3,(H2,27,28,36). The second-order valence-corrected chi connectivity index (χ2v) is 8.93. The lowest BCUT2D eigenvalue weighted by atomic mass is 10.1. The lowest BCUT2D eigenvalue weighted by Gasteiger charge is -2.32. The average Bonchev–Trinajstić information content (AvgIpc) is 2.88. The third-order valence-electron chi connectivity index (χ3n) is 6.24. The minimum Gasteiger partial charge on any atom is -0.383 e. The summed E-state index contributed by atoms with van der Waals surface area (Å²) in [5, 5.41) is 5.64. The van der Waals surface area contributed by atoms with Gasteiger partial charge in [0.15, 0.2) is 5.78 Å². The molecule has 0 bridgehead atoms. The number of piperazine rings is 1. The van der Waals surface area contributed by atoms with Crippen molar-refractivity contribution in [3.05, 3.63) is 64.2 Å². The van der Waals surface area contributed by atoms with Crippen LogP contribution in [0.1, 0.15) is 27.9 Å². The highest BCUT2D eigenvalue weighted by molar-refractivity contribution is 6.02. The van der Waals surface area contributed by atoms with E-state index < -0.39 is 11.6 Å². The number of hydrogen-bond donors (Lipinski definition) is 2. The fourth-order valence-corrected chi connectivity index (χ4v) is 4.11. The van der Waals surface area contributed by atoms with Crippen LogP contribution >= 0.6 is 0 Å². The van der Waals surface area contributed by atoms with Gasteiger partial charge in [-0.05, 0) is 44.3 Å². The molecular formula is C26H30N6O5. The van der Waals surface area contributed by atoms with Gasteiger partial charge < -0.3 is 25.2 Å². The maximum Gasteiger partial charge on any atom is 0.323 e. The van der Waals surface area contributed by atoms with Crippen molar-refractivity contribution in [3.8, 4) is 0 Å². The van der Waals surface area contributed by atoms with E-state index in [2.05, 4.69) is 20.5 Å². The first-order valence-corrected chi connectivity index (χ1v) is 12.0. The van der Waals surface area contributed by atoms with Crippen LogP contribution in [-0.2, 0) is 11.3 Å². The molecule has 2 aromatic carbocycles. The van der Waals surface area contributed by atoms with E-state index in [9.17, 15) is 19.2 Å². The van der Waals surface area contributed by atoms with E-state index >= 15 is 0 Å². The molecule has 1 aromatic heterocycles. The molecule has 11 heteroatoms. The number of nitrogens with zero attached hydrogens (tertiary/aromatic N) is 4. The highest BCUT2D eigenvalue weighted by atomic mass is 16.5. The molecule has 11 nitrogen and oxygen atoms in total. The Hall–Kier alpha value is -4.09. The van der Waals surface area contributed by atoms with E-state index in [0.717, 1.165) is 13.1 Å². The molecule has 1 fully saturated rings. The molecule has 1 aliphatic heterocycles. The van der Waals surface area contributed by atoms with E-state index in [-0.39, 0.29) is 36.1 Å². The average molecular weight is 507 g/mol. The van der Waals surface area contributed by atoms with Crippen LogP contribution in [0.3, 0.4) is 0 Å². The predicted molar refractivity (Wildman–Crippen MR) is 140 cm³/mol. The Morgan fingerprint density at radius 3 is 2.38 bits per heavy atom. The Bertz CT molecular complexity index is 1390. The summed E-state index contributed by atoms with van der Waals surface area (Å²) in [6.07, 6.45) is 0. The van der Waals surface area contributed by atoms with Gasteiger partial charge in [0.2, 0.25) is 5.82 Å². The van der Waals surface area contributed by atoms with Crippen molar-refractivity contribution in [1.29, 1.82) is 0 Å². The molecule has 1 saturated heterocycles. The second-order valence-electron chi connectivity index (χ2n) is 8.93. The van der Waals surface area contributed by atoms with Crippen LogP contribution in [0, 0.1) is 0 Å². The number of Topliss-reactive ketones (excluding diaryl/α,β-unsaturated/α-hetero) is 1. The first kappa shape index (κ1) is 26.0. The van der Waals surface area contributed by atoms with Crippen molar-refractivity contribution < 1.29 is 19.1 Å². The highest BCUT2D eigenvalue weighted by Crippen LogP contribution is 2.18. The summed E-state index contributed by atoms with van der Waals surface area (Å²) in [6, 6.07) is 10.8. The zero-order chi connectivity index (χ0) is 26.5. The van der Waals surface area contributed by atoms with E-state index in [1.807, 2.05) is 7.05 Å². The van der Waals surface area contributed by atoms with Gasteiger partial charge >= 0.3 is 6.03 Å². The number of methoxy groups -OCH3 is 1. The number of ketones is 1. The SMILES string of the molecule is COCCn1c(C(=O)N2CCN(C)CC2)nc2ccc(NC(=O)Nc3cccc(C(C)=O)c3)cc2c1=O. The summed E-state index contributed by atoms with van der Waals surface area (Å²) in [4.78, 5) is 59.3. The Labute approximate surface area is 214 Å². The Balaban J connectivity index is 1.61. The third kappa shape index (κ3) is 6.01. The zero-order valence-electron chi connectivity index (χ0n) is 21.1. The Kier molecular flexibility index (Phi) is 7.95. The van der Waals surface area contributed by atoms with Crippen LogP contribution in [-0.4, -0.2) is 84.0 Å². The highest BCUT2D eigenvalue weighted by Gasteiger charge is 2.25. The molecule has 0 spiro atoms. The summed E-state index contributed by atoms with van der Waals surface area (Å²) in [5.74, 6) is -0.332. The number of ether oxygens (including phenoxy) is 1. The number of carbonyl (C=O) groups is 3. The minimum atomic E-state index is -0.533.